The average Bonchev–Trinajstić information content (AvgIpc) is 2.26. The van der Waals surface area contributed by atoms with Gasteiger partial charge in [0.2, 0.25) is 0 Å². The van der Waals surface area contributed by atoms with Crippen molar-refractivity contribution >= 4 is 0 Å². The molecule has 0 bridgehead atoms. The normalized spacial score (nSPS) is 25.5. The minimum atomic E-state index is 0.338. The van der Waals surface area contributed by atoms with E-state index in [1.165, 1.54) is 24.9 Å². The zero-order chi connectivity index (χ0) is 13.9. The molecule has 1 heterocycles. The van der Waals surface area contributed by atoms with Crippen LogP contribution in [0.3, 0.4) is 0 Å². The number of piperidine rings is 1. The summed E-state index contributed by atoms with van der Waals surface area (Å²) in [6, 6.07) is 11.1. The van der Waals surface area contributed by atoms with Crippen LogP contribution in [0.1, 0.15) is 39.2 Å². The van der Waals surface area contributed by atoms with Crippen LogP contribution < -0.4 is 5.73 Å². The predicted octanol–water partition coefficient (Wildman–Crippen LogP) is 3.27. The smallest absolute Gasteiger partial charge is 0.0234 e. The van der Waals surface area contributed by atoms with E-state index in [1.807, 2.05) is 0 Å². The molecule has 0 amide bonds. The van der Waals surface area contributed by atoms with E-state index in [1.54, 1.807) is 0 Å². The summed E-state index contributed by atoms with van der Waals surface area (Å²) in [5.41, 5.74) is 8.04. The van der Waals surface area contributed by atoms with E-state index in [9.17, 15) is 0 Å². The maximum absolute atomic E-state index is 6.25. The van der Waals surface area contributed by atoms with Gasteiger partial charge in [-0.05, 0) is 29.7 Å². The van der Waals surface area contributed by atoms with E-state index in [-0.39, 0.29) is 0 Å². The minimum Gasteiger partial charge on any atom is -0.327 e. The summed E-state index contributed by atoms with van der Waals surface area (Å²) < 4.78 is 0. The molecular weight excluding hydrogens is 232 g/mol. The molecule has 0 radical (unpaired) electrons. The van der Waals surface area contributed by atoms with E-state index in [4.69, 9.17) is 5.73 Å². The summed E-state index contributed by atoms with van der Waals surface area (Å²) in [5.74, 6) is 0.743. The lowest BCUT2D eigenvalue weighted by molar-refractivity contribution is 0.121. The lowest BCUT2D eigenvalue weighted by atomic mass is 9.80. The van der Waals surface area contributed by atoms with Gasteiger partial charge in [0.05, 0.1) is 0 Å². The fourth-order valence-corrected chi connectivity index (χ4v) is 3.33. The van der Waals surface area contributed by atoms with Crippen molar-refractivity contribution in [2.45, 2.75) is 46.2 Å². The summed E-state index contributed by atoms with van der Waals surface area (Å²) in [4.78, 5) is 2.53. The number of hydrogen-bond acceptors (Lipinski definition) is 2. The molecule has 1 aliphatic heterocycles. The molecule has 2 heteroatoms. The molecule has 1 saturated heterocycles. The Morgan fingerprint density at radius 2 is 1.84 bits per heavy atom. The fraction of sp³-hybridized carbons (Fsp3) is 0.647. The number of likely N-dealkylation sites (tertiary alicyclic amines) is 1. The van der Waals surface area contributed by atoms with E-state index in [2.05, 4.69) is 56.0 Å². The first-order valence-electron chi connectivity index (χ1n) is 7.44. The number of hydrogen-bond donors (Lipinski definition) is 1. The number of nitrogens with two attached hydrogens (primary N) is 1. The van der Waals surface area contributed by atoms with Gasteiger partial charge in [-0.25, -0.2) is 0 Å². The third-order valence-corrected chi connectivity index (χ3v) is 3.80. The standard InChI is InChI=1S/C17H28N2/c1-17(2,3)10-15-9-16(18)13-19(12-15)11-14-7-5-4-6-8-14/h4-8,15-16H,9-13,18H2,1-3H3. The topological polar surface area (TPSA) is 29.3 Å². The zero-order valence-electron chi connectivity index (χ0n) is 12.6. The molecule has 2 rings (SSSR count). The lowest BCUT2D eigenvalue weighted by Crippen LogP contribution is -2.47. The molecule has 1 aliphatic rings. The van der Waals surface area contributed by atoms with Crippen molar-refractivity contribution in [2.75, 3.05) is 13.1 Å². The highest BCUT2D eigenvalue weighted by atomic mass is 15.1. The van der Waals surface area contributed by atoms with Crippen LogP contribution in [0.4, 0.5) is 0 Å². The average molecular weight is 260 g/mol. The zero-order valence-corrected chi connectivity index (χ0v) is 12.6. The predicted molar refractivity (Wildman–Crippen MR) is 81.9 cm³/mol. The highest BCUT2D eigenvalue weighted by Gasteiger charge is 2.28. The van der Waals surface area contributed by atoms with Gasteiger partial charge in [-0.1, -0.05) is 51.1 Å². The van der Waals surface area contributed by atoms with Crippen LogP contribution in [-0.2, 0) is 6.54 Å². The molecule has 0 aliphatic carbocycles. The molecule has 1 aromatic rings. The largest absolute Gasteiger partial charge is 0.327 e. The van der Waals surface area contributed by atoms with E-state index in [0.717, 1.165) is 19.0 Å². The molecule has 106 valence electrons. The lowest BCUT2D eigenvalue weighted by Gasteiger charge is -2.38. The van der Waals surface area contributed by atoms with E-state index >= 15 is 0 Å². The van der Waals surface area contributed by atoms with Crippen LogP contribution in [0.15, 0.2) is 30.3 Å². The number of benzene rings is 1. The van der Waals surface area contributed by atoms with Gasteiger partial charge in [-0.3, -0.25) is 4.90 Å². The monoisotopic (exact) mass is 260 g/mol. The van der Waals surface area contributed by atoms with Crippen molar-refractivity contribution in [1.29, 1.82) is 0 Å². The molecule has 2 unspecified atom stereocenters. The first kappa shape index (κ1) is 14.5. The molecule has 0 spiro atoms. The van der Waals surface area contributed by atoms with Crippen molar-refractivity contribution in [3.05, 3.63) is 35.9 Å². The first-order chi connectivity index (χ1) is 8.92. The molecule has 1 fully saturated rings. The Morgan fingerprint density at radius 3 is 2.47 bits per heavy atom. The van der Waals surface area contributed by atoms with Crippen molar-refractivity contribution < 1.29 is 0 Å². The molecule has 2 N–H and O–H groups in total. The SMILES string of the molecule is CC(C)(C)CC1CC(N)CN(Cc2ccccc2)C1. The van der Waals surface area contributed by atoms with Crippen LogP contribution in [0, 0.1) is 11.3 Å². The summed E-state index contributed by atoms with van der Waals surface area (Å²) in [6.45, 7) is 10.3. The van der Waals surface area contributed by atoms with Crippen molar-refractivity contribution in [1.82, 2.24) is 4.90 Å². The Morgan fingerprint density at radius 1 is 1.16 bits per heavy atom. The Hall–Kier alpha value is -0.860. The third kappa shape index (κ3) is 4.96. The van der Waals surface area contributed by atoms with Crippen molar-refractivity contribution in [3.8, 4) is 0 Å². The molecule has 0 aromatic heterocycles. The molecule has 2 atom stereocenters. The first-order valence-corrected chi connectivity index (χ1v) is 7.44. The Bertz CT molecular complexity index is 380. The Kier molecular flexibility index (Phi) is 4.64. The number of rotatable bonds is 3. The third-order valence-electron chi connectivity index (χ3n) is 3.80. The second-order valence-electron chi connectivity index (χ2n) is 7.31. The molecule has 0 saturated carbocycles. The second-order valence-corrected chi connectivity index (χ2v) is 7.31. The van der Waals surface area contributed by atoms with Crippen LogP contribution in [0.2, 0.25) is 0 Å². The van der Waals surface area contributed by atoms with Crippen LogP contribution in [-0.4, -0.2) is 24.0 Å². The van der Waals surface area contributed by atoms with Gasteiger partial charge < -0.3 is 5.73 Å². The highest BCUT2D eigenvalue weighted by molar-refractivity contribution is 5.14. The van der Waals surface area contributed by atoms with Crippen LogP contribution >= 0.6 is 0 Å². The second kappa shape index (κ2) is 6.06. The fourth-order valence-electron chi connectivity index (χ4n) is 3.33. The Labute approximate surface area is 118 Å². The Balaban J connectivity index is 1.94. The summed E-state index contributed by atoms with van der Waals surface area (Å²) in [5, 5.41) is 0. The van der Waals surface area contributed by atoms with Gasteiger partial charge in [0.1, 0.15) is 0 Å². The summed E-state index contributed by atoms with van der Waals surface area (Å²) >= 11 is 0. The molecule has 2 nitrogen and oxygen atoms in total. The van der Waals surface area contributed by atoms with Gasteiger partial charge >= 0.3 is 0 Å². The van der Waals surface area contributed by atoms with E-state index in [0.29, 0.717) is 11.5 Å². The minimum absolute atomic E-state index is 0.338. The highest BCUT2D eigenvalue weighted by Crippen LogP contribution is 2.30. The molecule has 19 heavy (non-hydrogen) atoms. The summed E-state index contributed by atoms with van der Waals surface area (Å²) in [6.07, 6.45) is 2.45. The maximum atomic E-state index is 6.25. The number of nitrogens with zero attached hydrogens (tertiary/aromatic N) is 1. The van der Waals surface area contributed by atoms with Gasteiger partial charge in [0.25, 0.3) is 0 Å². The van der Waals surface area contributed by atoms with Gasteiger partial charge in [-0.15, -0.1) is 0 Å². The maximum Gasteiger partial charge on any atom is 0.0234 e. The van der Waals surface area contributed by atoms with E-state index < -0.39 is 0 Å². The molecule has 1 aromatic carbocycles. The van der Waals surface area contributed by atoms with Crippen molar-refractivity contribution in [2.24, 2.45) is 17.1 Å². The van der Waals surface area contributed by atoms with Gasteiger partial charge in [0.15, 0.2) is 0 Å². The van der Waals surface area contributed by atoms with Crippen molar-refractivity contribution in [3.63, 3.8) is 0 Å². The van der Waals surface area contributed by atoms with Gasteiger partial charge in [-0.2, -0.15) is 0 Å². The van der Waals surface area contributed by atoms with Crippen LogP contribution in [0.25, 0.3) is 0 Å². The van der Waals surface area contributed by atoms with Crippen LogP contribution in [0.5, 0.6) is 0 Å². The molecular formula is C17H28N2. The quantitative estimate of drug-likeness (QED) is 0.903. The summed E-state index contributed by atoms with van der Waals surface area (Å²) in [7, 11) is 0. The van der Waals surface area contributed by atoms with Gasteiger partial charge in [0, 0.05) is 25.7 Å².